The van der Waals surface area contributed by atoms with Crippen LogP contribution in [0.15, 0.2) is 65.3 Å². The molecule has 3 heterocycles. The summed E-state index contributed by atoms with van der Waals surface area (Å²) in [6, 6.07) is 10.7. The van der Waals surface area contributed by atoms with Crippen molar-refractivity contribution in [2.24, 2.45) is 5.41 Å². The number of nitrogens with zero attached hydrogens (tertiary/aromatic N) is 4. The van der Waals surface area contributed by atoms with Gasteiger partial charge in [0, 0.05) is 35.6 Å². The Hall–Kier alpha value is -4.47. The van der Waals surface area contributed by atoms with Crippen molar-refractivity contribution in [2.45, 2.75) is 58.3 Å². The zero-order chi connectivity index (χ0) is 32.1. The van der Waals surface area contributed by atoms with E-state index >= 15 is 0 Å². The van der Waals surface area contributed by atoms with Crippen molar-refractivity contribution in [1.29, 1.82) is 5.26 Å². The summed E-state index contributed by atoms with van der Waals surface area (Å²) in [6.45, 7) is 8.74. The van der Waals surface area contributed by atoms with Crippen molar-refractivity contribution in [3.8, 4) is 17.5 Å². The van der Waals surface area contributed by atoms with Crippen LogP contribution in [0, 0.1) is 23.7 Å². The number of nitriles is 1. The van der Waals surface area contributed by atoms with E-state index in [9.17, 15) is 18.4 Å². The number of rotatable bonds is 8. The van der Waals surface area contributed by atoms with Gasteiger partial charge in [-0.2, -0.15) is 18.4 Å². The van der Waals surface area contributed by atoms with Gasteiger partial charge >= 0.3 is 6.18 Å². The van der Waals surface area contributed by atoms with Crippen LogP contribution >= 0.6 is 11.6 Å². The van der Waals surface area contributed by atoms with Gasteiger partial charge < -0.3 is 20.5 Å². The van der Waals surface area contributed by atoms with E-state index in [4.69, 9.17) is 16.0 Å². The molecule has 0 amide bonds. The summed E-state index contributed by atoms with van der Waals surface area (Å²) in [5.41, 5.74) is 8.53. The van der Waals surface area contributed by atoms with Crippen molar-refractivity contribution in [3.05, 3.63) is 82.6 Å². The third-order valence-electron chi connectivity index (χ3n) is 8.11. The predicted octanol–water partition coefficient (Wildman–Crippen LogP) is 7.60. The summed E-state index contributed by atoms with van der Waals surface area (Å²) < 4.78 is 47.6. The molecule has 1 saturated carbocycles. The van der Waals surface area contributed by atoms with Crippen molar-refractivity contribution >= 4 is 33.9 Å². The number of benzene rings is 2. The Morgan fingerprint density at radius 3 is 2.62 bits per heavy atom. The van der Waals surface area contributed by atoms with Gasteiger partial charge in [-0.05, 0) is 54.5 Å². The minimum absolute atomic E-state index is 0.00934. The van der Waals surface area contributed by atoms with Gasteiger partial charge in [-0.25, -0.2) is 4.98 Å². The number of anilines is 2. The van der Waals surface area contributed by atoms with E-state index in [0.717, 1.165) is 21.7 Å². The fourth-order valence-corrected chi connectivity index (χ4v) is 5.77. The first-order valence-electron chi connectivity index (χ1n) is 14.4. The second-order valence-electron chi connectivity index (χ2n) is 12.6. The van der Waals surface area contributed by atoms with Crippen LogP contribution < -0.4 is 21.6 Å². The monoisotopic (exact) mass is 636 g/mol. The predicted molar refractivity (Wildman–Crippen MR) is 167 cm³/mol. The van der Waals surface area contributed by atoms with Crippen molar-refractivity contribution in [3.63, 3.8) is 0 Å². The second-order valence-corrected chi connectivity index (χ2v) is 13.0. The first-order chi connectivity index (χ1) is 21.3. The maximum atomic E-state index is 14.0. The zero-order valence-corrected chi connectivity index (χ0v) is 25.9. The number of hydrazine groups is 2. The van der Waals surface area contributed by atoms with E-state index in [1.807, 2.05) is 31.2 Å². The molecule has 2 aromatic heterocycles. The fraction of sp³-hybridized carbons (Fsp3) is 0.344. The van der Waals surface area contributed by atoms with Crippen molar-refractivity contribution in [1.82, 2.24) is 25.9 Å². The maximum absolute atomic E-state index is 14.0. The minimum atomic E-state index is -4.41. The van der Waals surface area contributed by atoms with Crippen molar-refractivity contribution in [2.75, 3.05) is 17.2 Å². The number of alkyl halides is 3. The molecule has 0 spiro atoms. The number of pyridine rings is 1. The quantitative estimate of drug-likeness (QED) is 0.155. The van der Waals surface area contributed by atoms with Crippen LogP contribution in [0.2, 0.25) is 5.02 Å². The molecule has 2 aromatic carbocycles. The van der Waals surface area contributed by atoms with E-state index in [0.29, 0.717) is 51.0 Å². The van der Waals surface area contributed by atoms with E-state index in [2.05, 4.69) is 58.4 Å². The number of hydrogen-bond donors (Lipinski definition) is 4. The molecule has 13 heteroatoms. The molecule has 45 heavy (non-hydrogen) atoms. The van der Waals surface area contributed by atoms with Gasteiger partial charge in [0.25, 0.3) is 0 Å². The Labute approximate surface area is 263 Å². The van der Waals surface area contributed by atoms with Gasteiger partial charge in [-0.3, -0.25) is 9.99 Å². The molecule has 6 rings (SSSR count). The van der Waals surface area contributed by atoms with E-state index < -0.39 is 17.8 Å². The third kappa shape index (κ3) is 5.74. The maximum Gasteiger partial charge on any atom is 0.413 e. The van der Waals surface area contributed by atoms with Crippen LogP contribution in [0.5, 0.6) is 0 Å². The highest BCUT2D eigenvalue weighted by molar-refractivity contribution is 6.35. The zero-order valence-electron chi connectivity index (χ0n) is 25.1. The van der Waals surface area contributed by atoms with Gasteiger partial charge in [-0.15, -0.1) is 5.53 Å². The number of nitrogens with one attached hydrogen (secondary N) is 4. The summed E-state index contributed by atoms with van der Waals surface area (Å²) >= 11 is 6.76. The van der Waals surface area contributed by atoms with Crippen LogP contribution in [0.1, 0.15) is 56.3 Å². The smallest absolute Gasteiger partial charge is 0.413 e. The molecule has 234 valence electrons. The van der Waals surface area contributed by atoms with Crippen LogP contribution in [0.25, 0.3) is 22.4 Å². The highest BCUT2D eigenvalue weighted by atomic mass is 35.5. The number of oxazole rings is 1. The summed E-state index contributed by atoms with van der Waals surface area (Å²) in [6.07, 6.45) is 1.56. The highest BCUT2D eigenvalue weighted by Crippen LogP contribution is 2.54. The summed E-state index contributed by atoms with van der Waals surface area (Å²) in [7, 11) is 0. The molecule has 2 aliphatic rings. The van der Waals surface area contributed by atoms with E-state index in [1.165, 1.54) is 18.7 Å². The van der Waals surface area contributed by atoms with Gasteiger partial charge in [0.2, 0.25) is 5.89 Å². The van der Waals surface area contributed by atoms with Crippen LogP contribution in [-0.4, -0.2) is 33.2 Å². The summed E-state index contributed by atoms with van der Waals surface area (Å²) in [5.74, 6) is 0.425. The average Bonchev–Trinajstić information content (AvgIpc) is 3.38. The van der Waals surface area contributed by atoms with Crippen LogP contribution in [-0.2, 0) is 0 Å². The van der Waals surface area contributed by atoms with Crippen molar-refractivity contribution < 1.29 is 17.6 Å². The number of aromatic nitrogens is 2. The normalized spacial score (nSPS) is 16.6. The molecule has 0 bridgehead atoms. The topological polar surface area (TPSA) is 114 Å². The van der Waals surface area contributed by atoms with Gasteiger partial charge in [-0.1, -0.05) is 44.5 Å². The van der Waals surface area contributed by atoms with Gasteiger partial charge in [0.1, 0.15) is 12.3 Å². The first kappa shape index (κ1) is 30.6. The molecular weight excluding hydrogens is 605 g/mol. The average molecular weight is 637 g/mol. The Bertz CT molecular complexity index is 1820. The molecule has 1 atom stereocenters. The molecule has 0 radical (unpaired) electrons. The molecule has 9 nitrogen and oxygen atoms in total. The van der Waals surface area contributed by atoms with E-state index in [1.54, 1.807) is 12.3 Å². The molecule has 4 aromatic rings. The number of halogens is 4. The Morgan fingerprint density at radius 1 is 1.20 bits per heavy atom. The molecular formula is C32H32ClF3N8O. The molecule has 1 fully saturated rings. The largest absolute Gasteiger partial charge is 0.445 e. The molecule has 4 N–H and O–H groups in total. The summed E-state index contributed by atoms with van der Waals surface area (Å²) in [4.78, 5) is 8.74. The Balaban J connectivity index is 1.46. The highest BCUT2D eigenvalue weighted by Gasteiger charge is 2.67. The number of fused-ring (bicyclic) bond motifs is 1. The molecule has 0 saturated heterocycles. The molecule has 0 unspecified atom stereocenters. The van der Waals surface area contributed by atoms with Crippen LogP contribution in [0.4, 0.5) is 24.5 Å². The minimum Gasteiger partial charge on any atom is -0.445 e. The lowest BCUT2D eigenvalue weighted by Crippen LogP contribution is -2.52. The third-order valence-corrected chi connectivity index (χ3v) is 8.40. The molecule has 1 aliphatic carbocycles. The fourth-order valence-electron chi connectivity index (χ4n) is 5.50. The van der Waals surface area contributed by atoms with Gasteiger partial charge in [0.05, 0.1) is 39.7 Å². The number of hydrogen-bond acceptors (Lipinski definition) is 9. The van der Waals surface area contributed by atoms with Crippen LogP contribution in [0.3, 0.4) is 0 Å². The lowest BCUT2D eigenvalue weighted by atomic mass is 9.94. The Morgan fingerprint density at radius 2 is 1.98 bits per heavy atom. The molecule has 1 aliphatic heterocycles. The lowest BCUT2D eigenvalue weighted by molar-refractivity contribution is -0.195. The first-order valence-corrected chi connectivity index (χ1v) is 14.8. The summed E-state index contributed by atoms with van der Waals surface area (Å²) in [5, 5.41) is 18.9. The SMILES string of the molecule is Cc1c(-c2ncco2)cccc1[C@H](Nc1cc(Cl)c2ncc(C#N)c(NCC(C)(C)C)c2c1)C1=CN(C2(C(F)(F)F)CC2)NN1. The van der Waals surface area contributed by atoms with Gasteiger partial charge in [0.15, 0.2) is 5.54 Å². The standard InChI is InChI=1S/C32H32ClF3N8O/c1-18-21(6-5-7-22(18)29-38-10-11-45-29)28(25-16-44(43-42-25)31(8-9-31)32(34,35)36)41-20-12-23-26(40-17-30(2,3)4)19(14-37)15-39-27(23)24(33)13-20/h5-7,10-13,15-16,28,41-43H,8-9,17H2,1-4H3,(H,39,40)/t28-/m0/s1. The second kappa shape index (κ2) is 11.2. The lowest BCUT2D eigenvalue weighted by Gasteiger charge is -2.28. The Kier molecular flexibility index (Phi) is 7.57. The van der Waals surface area contributed by atoms with E-state index in [-0.39, 0.29) is 18.3 Å².